The Labute approximate surface area is 156 Å². The molecule has 0 atom stereocenters. The molecule has 1 heteroatoms. The smallest absolute Gasteiger partial charge is 0.119 e. The highest BCUT2D eigenvalue weighted by Crippen LogP contribution is 2.41. The third-order valence-electron chi connectivity index (χ3n) is 5.18. The summed E-state index contributed by atoms with van der Waals surface area (Å²) in [5.74, 6) is 0.905. The zero-order valence-corrected chi connectivity index (χ0v) is 15.4. The Balaban J connectivity index is 1.55. The minimum atomic E-state index is 0.193. The fourth-order valence-corrected chi connectivity index (χ4v) is 3.63. The largest absolute Gasteiger partial charge is 0.489 e. The van der Waals surface area contributed by atoms with E-state index in [1.54, 1.807) is 0 Å². The highest BCUT2D eigenvalue weighted by atomic mass is 16.5. The molecule has 0 bridgehead atoms. The van der Waals surface area contributed by atoms with E-state index in [4.69, 9.17) is 4.74 Å². The van der Waals surface area contributed by atoms with Crippen LogP contribution in [0.3, 0.4) is 0 Å². The summed E-state index contributed by atoms with van der Waals surface area (Å²) in [6, 6.07) is 27.5. The Morgan fingerprint density at radius 2 is 1.50 bits per heavy atom. The molecule has 1 aliphatic rings. The van der Waals surface area contributed by atoms with E-state index in [1.807, 2.05) is 18.2 Å². The second kappa shape index (κ2) is 6.84. The summed E-state index contributed by atoms with van der Waals surface area (Å²) in [6.45, 7) is 5.24. The maximum atomic E-state index is 5.92. The maximum Gasteiger partial charge on any atom is 0.119 e. The van der Waals surface area contributed by atoms with Crippen molar-refractivity contribution >= 4 is 5.57 Å². The molecule has 0 spiro atoms. The van der Waals surface area contributed by atoms with Gasteiger partial charge in [-0.25, -0.2) is 0 Å². The number of allylic oxidation sites excluding steroid dienone is 1. The molecule has 0 aliphatic heterocycles. The molecule has 0 N–H and O–H groups in total. The van der Waals surface area contributed by atoms with Crippen molar-refractivity contribution in [2.24, 2.45) is 0 Å². The van der Waals surface area contributed by atoms with Gasteiger partial charge in [0.1, 0.15) is 12.4 Å². The van der Waals surface area contributed by atoms with Crippen LogP contribution in [0.25, 0.3) is 5.57 Å². The lowest BCUT2D eigenvalue weighted by Gasteiger charge is -2.32. The van der Waals surface area contributed by atoms with Gasteiger partial charge in [-0.3, -0.25) is 0 Å². The third kappa shape index (κ3) is 3.30. The van der Waals surface area contributed by atoms with Crippen LogP contribution in [0, 0.1) is 0 Å². The monoisotopic (exact) mass is 340 g/mol. The van der Waals surface area contributed by atoms with Crippen molar-refractivity contribution in [3.05, 3.63) is 107 Å². The lowest BCUT2D eigenvalue weighted by Crippen LogP contribution is -2.21. The number of benzene rings is 3. The van der Waals surface area contributed by atoms with E-state index in [0.29, 0.717) is 6.61 Å². The van der Waals surface area contributed by atoms with Crippen LogP contribution in [0.15, 0.2) is 84.9 Å². The molecule has 0 heterocycles. The van der Waals surface area contributed by atoms with Crippen LogP contribution >= 0.6 is 0 Å². The maximum absolute atomic E-state index is 5.92. The topological polar surface area (TPSA) is 9.23 Å². The fourth-order valence-electron chi connectivity index (χ4n) is 3.63. The Hall–Kier alpha value is -2.80. The quantitative estimate of drug-likeness (QED) is 0.535. The average Bonchev–Trinajstić information content (AvgIpc) is 2.68. The number of rotatable bonds is 4. The predicted octanol–water partition coefficient (Wildman–Crippen LogP) is 6.38. The highest BCUT2D eigenvalue weighted by Gasteiger charge is 2.27. The van der Waals surface area contributed by atoms with Crippen molar-refractivity contribution in [2.45, 2.75) is 32.3 Å². The fraction of sp³-hybridized carbons (Fsp3) is 0.200. The molecule has 26 heavy (non-hydrogen) atoms. The van der Waals surface area contributed by atoms with Crippen molar-refractivity contribution in [3.8, 4) is 5.75 Å². The molecule has 4 rings (SSSR count). The standard InChI is InChI=1S/C25H24O/c1-25(2)17-16-22(23-10-6-7-11-24(23)25)20-12-14-21(15-13-20)26-18-19-8-4-3-5-9-19/h3-16H,17-18H2,1-2H3. The highest BCUT2D eigenvalue weighted by molar-refractivity contribution is 5.83. The van der Waals surface area contributed by atoms with Gasteiger partial charge in [-0.15, -0.1) is 0 Å². The molecule has 0 saturated heterocycles. The van der Waals surface area contributed by atoms with Crippen molar-refractivity contribution in [2.75, 3.05) is 0 Å². The molecule has 3 aromatic rings. The SMILES string of the molecule is CC1(C)CC=C(c2ccc(OCc3ccccc3)cc2)c2ccccc21. The number of fused-ring (bicyclic) bond motifs is 1. The van der Waals surface area contributed by atoms with Gasteiger partial charge in [-0.2, -0.15) is 0 Å². The molecule has 130 valence electrons. The second-order valence-electron chi connectivity index (χ2n) is 7.55. The van der Waals surface area contributed by atoms with Crippen molar-refractivity contribution in [1.82, 2.24) is 0 Å². The first-order valence-corrected chi connectivity index (χ1v) is 9.21. The first-order valence-electron chi connectivity index (χ1n) is 9.21. The zero-order valence-electron chi connectivity index (χ0n) is 15.4. The Morgan fingerprint density at radius 1 is 0.808 bits per heavy atom. The Kier molecular flexibility index (Phi) is 4.38. The van der Waals surface area contributed by atoms with Crippen molar-refractivity contribution in [3.63, 3.8) is 0 Å². The van der Waals surface area contributed by atoms with Crippen molar-refractivity contribution in [1.29, 1.82) is 0 Å². The molecule has 0 amide bonds. The Morgan fingerprint density at radius 3 is 2.27 bits per heavy atom. The average molecular weight is 340 g/mol. The van der Waals surface area contributed by atoms with Gasteiger partial charge in [0.05, 0.1) is 0 Å². The first-order chi connectivity index (χ1) is 12.6. The van der Waals surface area contributed by atoms with Gasteiger partial charge in [-0.05, 0) is 51.8 Å². The van der Waals surface area contributed by atoms with Gasteiger partial charge in [0.15, 0.2) is 0 Å². The van der Waals surface area contributed by atoms with E-state index in [-0.39, 0.29) is 5.41 Å². The first kappa shape index (κ1) is 16.7. The van der Waals surface area contributed by atoms with Crippen molar-refractivity contribution < 1.29 is 4.74 Å². The molecule has 3 aromatic carbocycles. The minimum Gasteiger partial charge on any atom is -0.489 e. The van der Waals surface area contributed by atoms with Crippen LogP contribution in [0.5, 0.6) is 5.75 Å². The second-order valence-corrected chi connectivity index (χ2v) is 7.55. The molecule has 1 aliphatic carbocycles. The zero-order chi connectivity index (χ0) is 18.0. The lowest BCUT2D eigenvalue weighted by atomic mass is 9.72. The van der Waals surface area contributed by atoms with Gasteiger partial charge < -0.3 is 4.74 Å². The predicted molar refractivity (Wildman–Crippen MR) is 108 cm³/mol. The van der Waals surface area contributed by atoms with E-state index in [0.717, 1.165) is 12.2 Å². The Bertz CT molecular complexity index is 918. The minimum absolute atomic E-state index is 0.193. The number of ether oxygens (including phenoxy) is 1. The lowest BCUT2D eigenvalue weighted by molar-refractivity contribution is 0.306. The third-order valence-corrected chi connectivity index (χ3v) is 5.18. The number of hydrogen-bond acceptors (Lipinski definition) is 1. The van der Waals surface area contributed by atoms with Gasteiger partial charge in [0, 0.05) is 0 Å². The summed E-state index contributed by atoms with van der Waals surface area (Å²) in [4.78, 5) is 0. The van der Waals surface area contributed by atoms with Crippen LogP contribution in [0.4, 0.5) is 0 Å². The van der Waals surface area contributed by atoms with Crippen LogP contribution in [0.1, 0.15) is 42.5 Å². The molecular formula is C25H24O. The summed E-state index contributed by atoms with van der Waals surface area (Å²) >= 11 is 0. The van der Waals surface area contributed by atoms with Crippen LogP contribution in [0.2, 0.25) is 0 Å². The normalized spacial score (nSPS) is 15.1. The molecule has 1 nitrogen and oxygen atoms in total. The van der Waals surface area contributed by atoms with Crippen LogP contribution in [-0.2, 0) is 12.0 Å². The summed E-state index contributed by atoms with van der Waals surface area (Å²) in [7, 11) is 0. The van der Waals surface area contributed by atoms with Gasteiger partial charge in [-0.1, -0.05) is 86.7 Å². The number of hydrogen-bond donors (Lipinski definition) is 0. The van der Waals surface area contributed by atoms with Crippen LogP contribution < -0.4 is 4.74 Å². The van der Waals surface area contributed by atoms with E-state index < -0.39 is 0 Å². The summed E-state index contributed by atoms with van der Waals surface area (Å²) in [5.41, 5.74) is 6.74. The van der Waals surface area contributed by atoms with E-state index in [1.165, 1.54) is 27.8 Å². The van der Waals surface area contributed by atoms with E-state index in [2.05, 4.69) is 80.6 Å². The van der Waals surface area contributed by atoms with Crippen LogP contribution in [-0.4, -0.2) is 0 Å². The van der Waals surface area contributed by atoms with Gasteiger partial charge in [0.25, 0.3) is 0 Å². The van der Waals surface area contributed by atoms with E-state index >= 15 is 0 Å². The molecule has 0 aromatic heterocycles. The molecule has 0 unspecified atom stereocenters. The molecule has 0 radical (unpaired) electrons. The molecule has 0 fully saturated rings. The van der Waals surface area contributed by atoms with Gasteiger partial charge >= 0.3 is 0 Å². The molecule has 0 saturated carbocycles. The summed E-state index contributed by atoms with van der Waals surface area (Å²) in [5, 5.41) is 0. The molecular weight excluding hydrogens is 316 g/mol. The van der Waals surface area contributed by atoms with Gasteiger partial charge in [0.2, 0.25) is 0 Å². The summed E-state index contributed by atoms with van der Waals surface area (Å²) < 4.78 is 5.92. The van der Waals surface area contributed by atoms with E-state index in [9.17, 15) is 0 Å². The summed E-state index contributed by atoms with van der Waals surface area (Å²) in [6.07, 6.45) is 3.44.